The first-order chi connectivity index (χ1) is 8.39. The van der Waals surface area contributed by atoms with Crippen LogP contribution in [-0.4, -0.2) is 27.4 Å². The van der Waals surface area contributed by atoms with E-state index in [9.17, 15) is 13.2 Å². The van der Waals surface area contributed by atoms with Crippen LogP contribution in [0.25, 0.3) is 6.08 Å². The number of carbonyl (C=O) groups is 1. The second-order valence-electron chi connectivity index (χ2n) is 3.46. The molecule has 0 unspecified atom stereocenters. The minimum Gasteiger partial charge on any atom is -0.333 e. The number of primary amides is 1. The van der Waals surface area contributed by atoms with Crippen LogP contribution in [0, 0.1) is 0 Å². The molecule has 0 atom stereocenters. The molecule has 0 aliphatic rings. The Kier molecular flexibility index (Phi) is 4.87. The van der Waals surface area contributed by atoms with Crippen molar-refractivity contribution in [3.8, 4) is 0 Å². The van der Waals surface area contributed by atoms with Crippen molar-refractivity contribution in [3.05, 3.63) is 40.8 Å². The monoisotopic (exact) mass is 271 g/mol. The third-order valence-corrected chi connectivity index (χ3v) is 3.13. The second kappa shape index (κ2) is 6.18. The molecule has 0 aliphatic heterocycles. The first-order valence-electron chi connectivity index (χ1n) is 4.94. The molecule has 6 nitrogen and oxygen atoms in total. The summed E-state index contributed by atoms with van der Waals surface area (Å²) in [5.74, 6) is 0. The maximum absolute atomic E-state index is 11.5. The van der Waals surface area contributed by atoms with Gasteiger partial charge in [0.15, 0.2) is 9.84 Å². The first kappa shape index (κ1) is 14.2. The number of sulfone groups is 1. The third-order valence-electron chi connectivity index (χ3n) is 1.95. The van der Waals surface area contributed by atoms with Crippen molar-refractivity contribution in [2.75, 3.05) is 12.9 Å². The molecule has 0 bridgehead atoms. The summed E-state index contributed by atoms with van der Waals surface area (Å²) in [6.07, 6.45) is 1.33. The number of hydrogen-bond donors (Lipinski definition) is 1. The molecule has 0 saturated heterocycles. The number of hydrogen-bond acceptors (Lipinski definition) is 5. The fraction of sp³-hybridized carbons (Fsp3) is 0.182. The van der Waals surface area contributed by atoms with E-state index in [1.807, 2.05) is 6.07 Å². The quantitative estimate of drug-likeness (QED) is 0.639. The number of carbonyl (C=O) groups excluding carboxylic acids is 1. The van der Waals surface area contributed by atoms with E-state index < -0.39 is 22.5 Å². The number of benzene rings is 1. The molecular formula is C11H13NO5S. The Balaban J connectivity index is 2.86. The van der Waals surface area contributed by atoms with Crippen molar-refractivity contribution in [3.63, 3.8) is 0 Å². The largest absolute Gasteiger partial charge is 0.436 e. The van der Waals surface area contributed by atoms with E-state index in [0.29, 0.717) is 5.56 Å². The zero-order chi connectivity index (χ0) is 13.6. The van der Waals surface area contributed by atoms with E-state index in [-0.39, 0.29) is 4.91 Å². The van der Waals surface area contributed by atoms with Crippen LogP contribution >= 0.6 is 0 Å². The van der Waals surface area contributed by atoms with Crippen LogP contribution in [0.3, 0.4) is 0 Å². The molecule has 18 heavy (non-hydrogen) atoms. The Labute approximate surface area is 105 Å². The normalized spacial score (nSPS) is 12.2. The molecule has 0 heterocycles. The summed E-state index contributed by atoms with van der Waals surface area (Å²) in [6.45, 7) is -0.392. The molecular weight excluding hydrogens is 258 g/mol. The van der Waals surface area contributed by atoms with E-state index in [1.54, 1.807) is 24.3 Å². The molecule has 98 valence electrons. The summed E-state index contributed by atoms with van der Waals surface area (Å²) in [5.41, 5.74) is 5.38. The van der Waals surface area contributed by atoms with Crippen LogP contribution in [-0.2, 0) is 19.6 Å². The lowest BCUT2D eigenvalue weighted by molar-refractivity contribution is -0.226. The highest BCUT2D eigenvalue weighted by Gasteiger charge is 2.13. The topological polar surface area (TPSA) is 95.7 Å². The Morgan fingerprint density at radius 2 is 1.94 bits per heavy atom. The standard InChI is InChI=1S/C11H13NO5S/c1-18(14,15)10(8-16-17-11(12)13)7-9-5-3-2-4-6-9/h2-7H,8H2,1H3,(H2,12,13). The van der Waals surface area contributed by atoms with Crippen LogP contribution < -0.4 is 5.73 Å². The number of rotatable bonds is 5. The molecule has 7 heteroatoms. The lowest BCUT2D eigenvalue weighted by atomic mass is 10.2. The maximum Gasteiger partial charge on any atom is 0.436 e. The van der Waals surface area contributed by atoms with Crippen molar-refractivity contribution in [2.24, 2.45) is 5.73 Å². The zero-order valence-electron chi connectivity index (χ0n) is 9.70. The second-order valence-corrected chi connectivity index (χ2v) is 5.53. The lowest BCUT2D eigenvalue weighted by Gasteiger charge is -2.05. The van der Waals surface area contributed by atoms with Crippen molar-refractivity contribution in [1.29, 1.82) is 0 Å². The van der Waals surface area contributed by atoms with Crippen molar-refractivity contribution in [2.45, 2.75) is 0 Å². The van der Waals surface area contributed by atoms with Crippen LogP contribution in [0.5, 0.6) is 0 Å². The fourth-order valence-corrected chi connectivity index (χ4v) is 1.75. The summed E-state index contributed by atoms with van der Waals surface area (Å²) in [7, 11) is -3.46. The molecule has 0 saturated carbocycles. The van der Waals surface area contributed by atoms with Crippen molar-refractivity contribution in [1.82, 2.24) is 0 Å². The van der Waals surface area contributed by atoms with Crippen LogP contribution in [0.1, 0.15) is 5.56 Å². The van der Waals surface area contributed by atoms with Gasteiger partial charge < -0.3 is 5.73 Å². The van der Waals surface area contributed by atoms with Crippen LogP contribution in [0.15, 0.2) is 35.2 Å². The van der Waals surface area contributed by atoms with Gasteiger partial charge in [-0.15, -0.1) is 0 Å². The summed E-state index contributed by atoms with van der Waals surface area (Å²) >= 11 is 0. The third kappa shape index (κ3) is 4.98. The van der Waals surface area contributed by atoms with Crippen LogP contribution in [0.2, 0.25) is 0 Å². The van der Waals surface area contributed by atoms with Gasteiger partial charge in [0.1, 0.15) is 6.61 Å². The molecule has 2 N–H and O–H groups in total. The van der Waals surface area contributed by atoms with Gasteiger partial charge >= 0.3 is 6.09 Å². The van der Waals surface area contributed by atoms with Gasteiger partial charge in [0.2, 0.25) is 0 Å². The Bertz CT molecular complexity index is 536. The number of amides is 1. The average molecular weight is 271 g/mol. The van der Waals surface area contributed by atoms with Crippen LogP contribution in [0.4, 0.5) is 4.79 Å². The molecule has 1 aromatic rings. The van der Waals surface area contributed by atoms with Gasteiger partial charge in [0.25, 0.3) is 0 Å². The summed E-state index contributed by atoms with van der Waals surface area (Å²) < 4.78 is 23.0. The average Bonchev–Trinajstić information content (AvgIpc) is 2.27. The molecule has 0 spiro atoms. The Hall–Kier alpha value is -1.86. The smallest absolute Gasteiger partial charge is 0.333 e. The Morgan fingerprint density at radius 1 is 1.33 bits per heavy atom. The van der Waals surface area contributed by atoms with Crippen molar-refractivity contribution < 1.29 is 23.0 Å². The Morgan fingerprint density at radius 3 is 2.44 bits per heavy atom. The highest BCUT2D eigenvalue weighted by molar-refractivity contribution is 7.94. The minimum absolute atomic E-state index is 0.0186. The van der Waals surface area contributed by atoms with E-state index >= 15 is 0 Å². The van der Waals surface area contributed by atoms with Gasteiger partial charge in [-0.05, 0) is 11.6 Å². The fourth-order valence-electron chi connectivity index (χ4n) is 1.14. The molecule has 0 radical (unpaired) electrons. The minimum atomic E-state index is -3.46. The van der Waals surface area contributed by atoms with E-state index in [2.05, 4.69) is 15.5 Å². The predicted molar refractivity (Wildman–Crippen MR) is 65.9 cm³/mol. The molecule has 0 aliphatic carbocycles. The van der Waals surface area contributed by atoms with Gasteiger partial charge in [0.05, 0.1) is 4.91 Å². The molecule has 1 rings (SSSR count). The first-order valence-corrected chi connectivity index (χ1v) is 6.83. The highest BCUT2D eigenvalue weighted by Crippen LogP contribution is 2.12. The molecule has 1 aromatic carbocycles. The maximum atomic E-state index is 11.5. The highest BCUT2D eigenvalue weighted by atomic mass is 32.2. The van der Waals surface area contributed by atoms with Crippen molar-refractivity contribution >= 4 is 22.0 Å². The van der Waals surface area contributed by atoms with E-state index in [1.165, 1.54) is 6.08 Å². The lowest BCUT2D eigenvalue weighted by Crippen LogP contribution is -2.16. The van der Waals surface area contributed by atoms with Gasteiger partial charge in [-0.3, -0.25) is 4.89 Å². The van der Waals surface area contributed by atoms with Gasteiger partial charge in [-0.2, -0.15) is 4.89 Å². The van der Waals surface area contributed by atoms with E-state index in [4.69, 9.17) is 0 Å². The summed E-state index contributed by atoms with van der Waals surface area (Å²) in [5, 5.41) is 0. The predicted octanol–water partition coefficient (Wildman–Crippen LogP) is 1.10. The van der Waals surface area contributed by atoms with Gasteiger partial charge in [-0.1, -0.05) is 30.3 Å². The molecule has 0 fully saturated rings. The summed E-state index contributed by atoms with van der Waals surface area (Å²) in [4.78, 5) is 18.7. The molecule has 0 aromatic heterocycles. The molecule has 1 amide bonds. The summed E-state index contributed by atoms with van der Waals surface area (Å²) in [6, 6.07) is 8.82. The van der Waals surface area contributed by atoms with Gasteiger partial charge in [0, 0.05) is 6.26 Å². The zero-order valence-corrected chi connectivity index (χ0v) is 10.5. The van der Waals surface area contributed by atoms with E-state index in [0.717, 1.165) is 6.26 Å². The number of nitrogens with two attached hydrogens (primary N) is 1. The SMILES string of the molecule is CS(=O)(=O)C(=Cc1ccccc1)COOC(N)=O. The van der Waals surface area contributed by atoms with Gasteiger partial charge in [-0.25, -0.2) is 13.2 Å².